The van der Waals surface area contributed by atoms with Gasteiger partial charge in [0.1, 0.15) is 0 Å². The van der Waals surface area contributed by atoms with Gasteiger partial charge < -0.3 is 5.11 Å². The Hall–Kier alpha value is -0.570. The first-order valence-corrected chi connectivity index (χ1v) is 7.24. The molecule has 0 heterocycles. The van der Waals surface area contributed by atoms with Crippen molar-refractivity contribution in [3.8, 4) is 0 Å². The van der Waals surface area contributed by atoms with Crippen LogP contribution in [0.25, 0.3) is 0 Å². The van der Waals surface area contributed by atoms with Crippen molar-refractivity contribution in [3.63, 3.8) is 0 Å². The number of benzene rings is 1. The maximum Gasteiger partial charge on any atom is 0.0600 e. The molecule has 1 aromatic carbocycles. The van der Waals surface area contributed by atoms with Crippen LogP contribution in [0.2, 0.25) is 5.02 Å². The Morgan fingerprint density at radius 2 is 1.84 bits per heavy atom. The normalized spacial score (nSPS) is 15.6. The molecule has 0 aliphatic rings. The molecule has 1 rings (SSSR count). The predicted octanol–water partition coefficient (Wildman–Crippen LogP) is 4.13. The maximum atomic E-state index is 10.1. The topological polar surface area (TPSA) is 23.5 Å². The second kappa shape index (κ2) is 6.74. The Labute approximate surface area is 122 Å². The molecule has 0 fully saturated rings. The van der Waals surface area contributed by atoms with Crippen molar-refractivity contribution in [1.29, 1.82) is 0 Å². The summed E-state index contributed by atoms with van der Waals surface area (Å²) < 4.78 is 0. The quantitative estimate of drug-likeness (QED) is 0.878. The molecule has 3 heteroatoms. The van der Waals surface area contributed by atoms with Crippen LogP contribution in [-0.4, -0.2) is 29.7 Å². The first kappa shape index (κ1) is 16.5. The summed E-state index contributed by atoms with van der Waals surface area (Å²) >= 11 is 6.22. The van der Waals surface area contributed by atoms with Crippen molar-refractivity contribution in [3.05, 3.63) is 34.9 Å². The van der Waals surface area contributed by atoms with Crippen LogP contribution in [0, 0.1) is 5.41 Å². The zero-order valence-corrected chi connectivity index (χ0v) is 13.4. The lowest BCUT2D eigenvalue weighted by Crippen LogP contribution is -2.32. The Bertz CT molecular complexity index is 400. The Kier molecular flexibility index (Phi) is 5.84. The molecule has 0 radical (unpaired) electrons. The Balaban J connectivity index is 2.59. The van der Waals surface area contributed by atoms with Crippen molar-refractivity contribution >= 4 is 11.6 Å². The molecule has 1 aromatic rings. The van der Waals surface area contributed by atoms with E-state index in [2.05, 4.69) is 45.7 Å². The van der Waals surface area contributed by atoms with E-state index < -0.39 is 0 Å². The monoisotopic (exact) mass is 283 g/mol. The van der Waals surface area contributed by atoms with Crippen LogP contribution in [0.1, 0.15) is 45.7 Å². The second-order valence-corrected chi connectivity index (χ2v) is 6.76. The van der Waals surface area contributed by atoms with Crippen LogP contribution in [0.3, 0.4) is 0 Å². The fourth-order valence-electron chi connectivity index (χ4n) is 2.00. The average molecular weight is 284 g/mol. The first-order valence-electron chi connectivity index (χ1n) is 6.86. The Morgan fingerprint density at radius 3 is 2.37 bits per heavy atom. The van der Waals surface area contributed by atoms with Crippen molar-refractivity contribution in [2.75, 3.05) is 13.6 Å². The molecular weight excluding hydrogens is 258 g/mol. The van der Waals surface area contributed by atoms with Crippen LogP contribution in [0.15, 0.2) is 24.3 Å². The fourth-order valence-corrected chi connectivity index (χ4v) is 2.30. The molecule has 1 N–H and O–H groups in total. The van der Waals surface area contributed by atoms with E-state index in [0.717, 1.165) is 23.6 Å². The minimum Gasteiger partial charge on any atom is -0.393 e. The molecule has 0 amide bonds. The van der Waals surface area contributed by atoms with Crippen LogP contribution in [-0.2, 0) is 0 Å². The van der Waals surface area contributed by atoms with Crippen molar-refractivity contribution in [1.82, 2.24) is 4.90 Å². The first-order chi connectivity index (χ1) is 8.73. The summed E-state index contributed by atoms with van der Waals surface area (Å²) in [5, 5.41) is 10.9. The number of hydrogen-bond donors (Lipinski definition) is 1. The van der Waals surface area contributed by atoms with E-state index in [-0.39, 0.29) is 17.6 Å². The van der Waals surface area contributed by atoms with Gasteiger partial charge in [-0.2, -0.15) is 0 Å². The highest BCUT2D eigenvalue weighted by Crippen LogP contribution is 2.27. The van der Waals surface area contributed by atoms with Gasteiger partial charge in [-0.05, 0) is 37.4 Å². The summed E-state index contributed by atoms with van der Waals surface area (Å²) in [6.07, 6.45) is 0.489. The van der Waals surface area contributed by atoms with E-state index in [1.807, 2.05) is 18.2 Å². The number of halogens is 1. The smallest absolute Gasteiger partial charge is 0.0600 e. The van der Waals surface area contributed by atoms with Gasteiger partial charge in [0.25, 0.3) is 0 Å². The third kappa shape index (κ3) is 4.79. The lowest BCUT2D eigenvalue weighted by molar-refractivity contribution is 0.0447. The van der Waals surface area contributed by atoms with Gasteiger partial charge in [-0.15, -0.1) is 0 Å². The summed E-state index contributed by atoms with van der Waals surface area (Å²) in [6.45, 7) is 9.19. The van der Waals surface area contributed by atoms with Crippen molar-refractivity contribution in [2.45, 2.75) is 46.3 Å². The SMILES string of the molecule is CC(c1ccccc1Cl)N(C)CCC(O)C(C)(C)C. The fraction of sp³-hybridized carbons (Fsp3) is 0.625. The number of aliphatic hydroxyl groups excluding tert-OH is 1. The predicted molar refractivity (Wildman–Crippen MR) is 82.6 cm³/mol. The summed E-state index contributed by atoms with van der Waals surface area (Å²) in [4.78, 5) is 2.23. The van der Waals surface area contributed by atoms with Crippen LogP contribution in [0.5, 0.6) is 0 Å². The van der Waals surface area contributed by atoms with Gasteiger partial charge in [0.05, 0.1) is 6.10 Å². The molecule has 0 saturated heterocycles. The lowest BCUT2D eigenvalue weighted by Gasteiger charge is -2.30. The molecule has 2 unspecified atom stereocenters. The molecule has 0 aromatic heterocycles. The third-order valence-corrected chi connectivity index (χ3v) is 4.12. The highest BCUT2D eigenvalue weighted by molar-refractivity contribution is 6.31. The molecule has 0 saturated carbocycles. The summed E-state index contributed by atoms with van der Waals surface area (Å²) in [5.74, 6) is 0. The van der Waals surface area contributed by atoms with E-state index in [1.54, 1.807) is 0 Å². The zero-order valence-electron chi connectivity index (χ0n) is 12.7. The van der Waals surface area contributed by atoms with E-state index in [1.165, 1.54) is 0 Å². The van der Waals surface area contributed by atoms with E-state index >= 15 is 0 Å². The molecular formula is C16H26ClNO. The summed E-state index contributed by atoms with van der Waals surface area (Å²) in [6, 6.07) is 8.19. The van der Waals surface area contributed by atoms with E-state index in [4.69, 9.17) is 11.6 Å². The number of hydrogen-bond acceptors (Lipinski definition) is 2. The van der Waals surface area contributed by atoms with Gasteiger partial charge in [0, 0.05) is 17.6 Å². The highest BCUT2D eigenvalue weighted by Gasteiger charge is 2.23. The largest absolute Gasteiger partial charge is 0.393 e. The molecule has 0 spiro atoms. The number of rotatable bonds is 5. The van der Waals surface area contributed by atoms with Crippen molar-refractivity contribution in [2.24, 2.45) is 5.41 Å². The number of nitrogens with zero attached hydrogens (tertiary/aromatic N) is 1. The highest BCUT2D eigenvalue weighted by atomic mass is 35.5. The van der Waals surface area contributed by atoms with Gasteiger partial charge in [-0.3, -0.25) is 4.90 Å². The van der Waals surface area contributed by atoms with Gasteiger partial charge >= 0.3 is 0 Å². The van der Waals surface area contributed by atoms with Crippen LogP contribution < -0.4 is 0 Å². The van der Waals surface area contributed by atoms with Gasteiger partial charge in [0.2, 0.25) is 0 Å². The lowest BCUT2D eigenvalue weighted by atomic mass is 9.87. The Morgan fingerprint density at radius 1 is 1.26 bits per heavy atom. The van der Waals surface area contributed by atoms with Crippen LogP contribution in [0.4, 0.5) is 0 Å². The molecule has 2 nitrogen and oxygen atoms in total. The van der Waals surface area contributed by atoms with E-state index in [0.29, 0.717) is 0 Å². The molecule has 0 aliphatic carbocycles. The van der Waals surface area contributed by atoms with Gasteiger partial charge in [-0.1, -0.05) is 50.6 Å². The molecule has 0 bridgehead atoms. The minimum absolute atomic E-state index is 0.0610. The molecule has 2 atom stereocenters. The van der Waals surface area contributed by atoms with E-state index in [9.17, 15) is 5.11 Å². The maximum absolute atomic E-state index is 10.1. The number of aliphatic hydroxyl groups is 1. The molecule has 19 heavy (non-hydrogen) atoms. The molecule has 108 valence electrons. The van der Waals surface area contributed by atoms with Gasteiger partial charge in [-0.25, -0.2) is 0 Å². The zero-order chi connectivity index (χ0) is 14.6. The average Bonchev–Trinajstić information content (AvgIpc) is 2.34. The minimum atomic E-state index is -0.284. The summed E-state index contributed by atoms with van der Waals surface area (Å²) in [5.41, 5.74) is 1.07. The van der Waals surface area contributed by atoms with Crippen LogP contribution >= 0.6 is 11.6 Å². The third-order valence-electron chi connectivity index (χ3n) is 3.77. The summed E-state index contributed by atoms with van der Waals surface area (Å²) in [7, 11) is 2.07. The standard InChI is InChI=1S/C16H26ClNO/c1-12(13-8-6-7-9-14(13)17)18(5)11-10-15(19)16(2,3)4/h6-9,12,15,19H,10-11H2,1-5H3. The molecule has 0 aliphatic heterocycles. The second-order valence-electron chi connectivity index (χ2n) is 6.35. The van der Waals surface area contributed by atoms with Crippen molar-refractivity contribution < 1.29 is 5.11 Å². The van der Waals surface area contributed by atoms with Gasteiger partial charge in [0.15, 0.2) is 0 Å².